The Morgan fingerprint density at radius 1 is 1.05 bits per heavy atom. The van der Waals surface area contributed by atoms with Gasteiger partial charge in [-0.05, 0) is 30.3 Å². The molecule has 0 atom stereocenters. The van der Waals surface area contributed by atoms with Crippen LogP contribution in [0.2, 0.25) is 0 Å². The van der Waals surface area contributed by atoms with Crippen LogP contribution in [0.25, 0.3) is 0 Å². The summed E-state index contributed by atoms with van der Waals surface area (Å²) in [5.41, 5.74) is 0.525. The highest BCUT2D eigenvalue weighted by Crippen LogP contribution is 2.26. The summed E-state index contributed by atoms with van der Waals surface area (Å²) in [6.45, 7) is 0. The van der Waals surface area contributed by atoms with Gasteiger partial charge in [-0.3, -0.25) is 0 Å². The highest BCUT2D eigenvalue weighted by atomic mass is 79.9. The van der Waals surface area contributed by atoms with Crippen LogP contribution in [-0.4, -0.2) is 0 Å². The van der Waals surface area contributed by atoms with E-state index in [1.807, 2.05) is 6.07 Å². The fourth-order valence-corrected chi connectivity index (χ4v) is 2.00. The lowest BCUT2D eigenvalue weighted by Crippen LogP contribution is -1.99. The van der Waals surface area contributed by atoms with Crippen molar-refractivity contribution in [1.29, 1.82) is 5.26 Å². The molecule has 1 N–H and O–H groups in total. The molecule has 19 heavy (non-hydrogen) atoms. The number of benzene rings is 2. The molecule has 0 saturated carbocycles. The topological polar surface area (TPSA) is 35.8 Å². The standard InChI is InChI=1S/C13H6BrF3N2/c14-8-3-7(6-18)4-9(5-8)19-11-2-1-10(15)12(16)13(11)17/h1-5,19H. The number of hydrogen-bond donors (Lipinski definition) is 1. The van der Waals surface area contributed by atoms with Crippen LogP contribution in [-0.2, 0) is 0 Å². The summed E-state index contributed by atoms with van der Waals surface area (Å²) in [6, 6.07) is 8.46. The number of nitriles is 1. The Balaban J connectivity index is 2.40. The van der Waals surface area contributed by atoms with Crippen LogP contribution in [0.5, 0.6) is 0 Å². The molecular formula is C13H6BrF3N2. The van der Waals surface area contributed by atoms with Gasteiger partial charge in [-0.25, -0.2) is 13.2 Å². The Labute approximate surface area is 115 Å². The first kappa shape index (κ1) is 13.4. The number of nitrogens with zero attached hydrogens (tertiary/aromatic N) is 1. The Morgan fingerprint density at radius 3 is 2.47 bits per heavy atom. The van der Waals surface area contributed by atoms with Crippen molar-refractivity contribution in [1.82, 2.24) is 0 Å². The third-order valence-corrected chi connectivity index (χ3v) is 2.80. The molecule has 0 aliphatic heterocycles. The van der Waals surface area contributed by atoms with Crippen LogP contribution < -0.4 is 5.32 Å². The third-order valence-electron chi connectivity index (χ3n) is 2.34. The number of nitrogens with one attached hydrogen (secondary N) is 1. The summed E-state index contributed by atoms with van der Waals surface area (Å²) in [4.78, 5) is 0. The lowest BCUT2D eigenvalue weighted by atomic mass is 10.2. The molecule has 0 amide bonds. The van der Waals surface area contributed by atoms with Gasteiger partial charge in [0, 0.05) is 10.2 Å². The van der Waals surface area contributed by atoms with Gasteiger partial charge in [0.15, 0.2) is 17.5 Å². The average molecular weight is 327 g/mol. The minimum absolute atomic E-state index is 0.208. The molecular weight excluding hydrogens is 321 g/mol. The van der Waals surface area contributed by atoms with Crippen molar-refractivity contribution in [3.63, 3.8) is 0 Å². The first-order chi connectivity index (χ1) is 9.01. The molecule has 6 heteroatoms. The van der Waals surface area contributed by atoms with Crippen molar-refractivity contribution in [3.05, 3.63) is 57.8 Å². The molecule has 0 unspecified atom stereocenters. The van der Waals surface area contributed by atoms with Crippen LogP contribution in [0, 0.1) is 28.8 Å². The third kappa shape index (κ3) is 2.88. The van der Waals surface area contributed by atoms with E-state index in [1.165, 1.54) is 6.07 Å². The molecule has 0 spiro atoms. The molecule has 0 radical (unpaired) electrons. The maximum atomic E-state index is 13.5. The monoisotopic (exact) mass is 326 g/mol. The van der Waals surface area contributed by atoms with E-state index in [4.69, 9.17) is 5.26 Å². The number of rotatable bonds is 2. The van der Waals surface area contributed by atoms with Crippen molar-refractivity contribution in [2.75, 3.05) is 5.32 Å². The number of hydrogen-bond acceptors (Lipinski definition) is 2. The predicted molar refractivity (Wildman–Crippen MR) is 68.5 cm³/mol. The second-order valence-corrected chi connectivity index (χ2v) is 4.60. The van der Waals surface area contributed by atoms with Gasteiger partial charge in [0.05, 0.1) is 17.3 Å². The average Bonchev–Trinajstić information content (AvgIpc) is 2.39. The highest BCUT2D eigenvalue weighted by molar-refractivity contribution is 9.10. The summed E-state index contributed by atoms with van der Waals surface area (Å²) in [5, 5.41) is 11.4. The molecule has 0 aromatic heterocycles. The smallest absolute Gasteiger partial charge is 0.196 e. The SMILES string of the molecule is N#Cc1cc(Br)cc(Nc2ccc(F)c(F)c2F)c1. The van der Waals surface area contributed by atoms with Crippen LogP contribution in [0.4, 0.5) is 24.5 Å². The lowest BCUT2D eigenvalue weighted by Gasteiger charge is -2.09. The van der Waals surface area contributed by atoms with E-state index < -0.39 is 17.5 Å². The number of halogens is 4. The van der Waals surface area contributed by atoms with Crippen molar-refractivity contribution in [2.24, 2.45) is 0 Å². The van der Waals surface area contributed by atoms with Crippen molar-refractivity contribution in [2.45, 2.75) is 0 Å². The zero-order chi connectivity index (χ0) is 14.0. The zero-order valence-corrected chi connectivity index (χ0v) is 10.9. The van der Waals surface area contributed by atoms with E-state index in [-0.39, 0.29) is 5.69 Å². The minimum Gasteiger partial charge on any atom is -0.353 e. The maximum absolute atomic E-state index is 13.5. The van der Waals surface area contributed by atoms with Gasteiger partial charge >= 0.3 is 0 Å². The van der Waals surface area contributed by atoms with Crippen molar-refractivity contribution >= 4 is 27.3 Å². The summed E-state index contributed by atoms with van der Waals surface area (Å²) in [6.07, 6.45) is 0. The highest BCUT2D eigenvalue weighted by Gasteiger charge is 2.13. The van der Waals surface area contributed by atoms with Gasteiger partial charge in [-0.15, -0.1) is 0 Å². The summed E-state index contributed by atoms with van der Waals surface area (Å²) >= 11 is 3.19. The van der Waals surface area contributed by atoms with Gasteiger partial charge in [0.2, 0.25) is 0 Å². The predicted octanol–water partition coefficient (Wildman–Crippen LogP) is 4.48. The summed E-state index contributed by atoms with van der Waals surface area (Å²) in [7, 11) is 0. The maximum Gasteiger partial charge on any atom is 0.196 e. The second kappa shape index (κ2) is 5.33. The Morgan fingerprint density at radius 2 is 1.79 bits per heavy atom. The first-order valence-electron chi connectivity index (χ1n) is 5.12. The van der Waals surface area contributed by atoms with Gasteiger partial charge in [0.25, 0.3) is 0 Å². The van der Waals surface area contributed by atoms with E-state index in [0.29, 0.717) is 15.7 Å². The van der Waals surface area contributed by atoms with E-state index in [1.54, 1.807) is 12.1 Å². The molecule has 0 heterocycles. The lowest BCUT2D eigenvalue weighted by molar-refractivity contribution is 0.449. The van der Waals surface area contributed by atoms with Crippen LogP contribution in [0.1, 0.15) is 5.56 Å². The fourth-order valence-electron chi connectivity index (χ4n) is 1.50. The van der Waals surface area contributed by atoms with Crippen molar-refractivity contribution in [3.8, 4) is 6.07 Å². The normalized spacial score (nSPS) is 10.1. The van der Waals surface area contributed by atoms with Gasteiger partial charge in [0.1, 0.15) is 0 Å². The van der Waals surface area contributed by atoms with Gasteiger partial charge in [-0.2, -0.15) is 5.26 Å². The largest absolute Gasteiger partial charge is 0.353 e. The quantitative estimate of drug-likeness (QED) is 0.826. The zero-order valence-electron chi connectivity index (χ0n) is 9.35. The van der Waals surface area contributed by atoms with E-state index in [0.717, 1.165) is 12.1 Å². The molecule has 2 aromatic carbocycles. The molecule has 0 bridgehead atoms. The molecule has 2 nitrogen and oxygen atoms in total. The van der Waals surface area contributed by atoms with Crippen LogP contribution in [0.15, 0.2) is 34.8 Å². The Bertz CT molecular complexity index is 680. The molecule has 2 aromatic rings. The fraction of sp³-hybridized carbons (Fsp3) is 0. The molecule has 96 valence electrons. The number of anilines is 2. The molecule has 0 fully saturated rings. The van der Waals surface area contributed by atoms with Crippen LogP contribution in [0.3, 0.4) is 0 Å². The Kier molecular flexibility index (Phi) is 3.76. The van der Waals surface area contributed by atoms with Crippen molar-refractivity contribution < 1.29 is 13.2 Å². The van der Waals surface area contributed by atoms with E-state index in [2.05, 4.69) is 21.2 Å². The summed E-state index contributed by atoms with van der Waals surface area (Å²) in [5.74, 6) is -4.10. The van der Waals surface area contributed by atoms with E-state index >= 15 is 0 Å². The Hall–Kier alpha value is -2.00. The minimum atomic E-state index is -1.54. The molecule has 0 aliphatic rings. The van der Waals surface area contributed by atoms with Gasteiger partial charge in [-0.1, -0.05) is 15.9 Å². The second-order valence-electron chi connectivity index (χ2n) is 3.69. The molecule has 0 aliphatic carbocycles. The molecule has 0 saturated heterocycles. The summed E-state index contributed by atoms with van der Waals surface area (Å²) < 4.78 is 39.9. The van der Waals surface area contributed by atoms with E-state index in [9.17, 15) is 13.2 Å². The van der Waals surface area contributed by atoms with Gasteiger partial charge < -0.3 is 5.32 Å². The first-order valence-corrected chi connectivity index (χ1v) is 5.92. The molecule has 2 rings (SSSR count). The van der Waals surface area contributed by atoms with Crippen LogP contribution >= 0.6 is 15.9 Å².